The van der Waals surface area contributed by atoms with Gasteiger partial charge in [-0.1, -0.05) is 17.8 Å². The van der Waals surface area contributed by atoms with Gasteiger partial charge >= 0.3 is 5.97 Å². The number of rotatable bonds is 6. The van der Waals surface area contributed by atoms with Gasteiger partial charge in [-0.15, -0.1) is 5.10 Å². The third-order valence-electron chi connectivity index (χ3n) is 2.69. The number of hydrogen-bond donors (Lipinski definition) is 1. The predicted molar refractivity (Wildman–Crippen MR) is 78.0 cm³/mol. The monoisotopic (exact) mass is 306 g/mol. The summed E-state index contributed by atoms with van der Waals surface area (Å²) in [6.45, 7) is 0. The lowest BCUT2D eigenvalue weighted by atomic mass is 10.1. The van der Waals surface area contributed by atoms with Crippen LogP contribution in [0.15, 0.2) is 29.4 Å². The molecule has 21 heavy (non-hydrogen) atoms. The Morgan fingerprint density at radius 2 is 2.33 bits per heavy atom. The number of carbonyl (C=O) groups is 1. The summed E-state index contributed by atoms with van der Waals surface area (Å²) < 4.78 is 6.78. The summed E-state index contributed by atoms with van der Waals surface area (Å²) in [5.41, 5.74) is 1.76. The lowest BCUT2D eigenvalue weighted by Crippen LogP contribution is -1.95. The van der Waals surface area contributed by atoms with Crippen molar-refractivity contribution in [2.75, 3.05) is 7.11 Å². The minimum absolute atomic E-state index is 0.602. The Hall–Kier alpha value is -2.35. The van der Waals surface area contributed by atoms with Gasteiger partial charge in [-0.2, -0.15) is 0 Å². The Balaban J connectivity index is 2.22. The Labute approximate surface area is 125 Å². The first-order valence-corrected chi connectivity index (χ1v) is 7.02. The fourth-order valence-electron chi connectivity index (χ4n) is 1.64. The number of carboxylic acids is 1. The van der Waals surface area contributed by atoms with Crippen LogP contribution in [-0.4, -0.2) is 38.4 Å². The highest BCUT2D eigenvalue weighted by Crippen LogP contribution is 2.26. The second kappa shape index (κ2) is 6.89. The molecule has 8 heteroatoms. The topological polar surface area (TPSA) is 90.1 Å². The lowest BCUT2D eigenvalue weighted by molar-refractivity contribution is -0.131. The van der Waals surface area contributed by atoms with Gasteiger partial charge in [0.2, 0.25) is 5.16 Å². The fraction of sp³-hybridized carbons (Fsp3) is 0.231. The Morgan fingerprint density at radius 1 is 1.52 bits per heavy atom. The van der Waals surface area contributed by atoms with Crippen LogP contribution >= 0.6 is 11.8 Å². The molecule has 1 aromatic carbocycles. The minimum atomic E-state index is -0.984. The summed E-state index contributed by atoms with van der Waals surface area (Å²) in [7, 11) is 3.35. The molecule has 0 atom stereocenters. The van der Waals surface area contributed by atoms with Crippen molar-refractivity contribution in [3.05, 3.63) is 35.4 Å². The van der Waals surface area contributed by atoms with Gasteiger partial charge in [0.15, 0.2) is 0 Å². The average Bonchev–Trinajstić information content (AvgIpc) is 2.88. The van der Waals surface area contributed by atoms with Crippen molar-refractivity contribution in [3.63, 3.8) is 0 Å². The van der Waals surface area contributed by atoms with Crippen LogP contribution in [-0.2, 0) is 17.6 Å². The van der Waals surface area contributed by atoms with Crippen molar-refractivity contribution in [1.29, 1.82) is 0 Å². The molecule has 0 aliphatic carbocycles. The van der Waals surface area contributed by atoms with Crippen LogP contribution in [0.3, 0.4) is 0 Å². The second-order valence-corrected chi connectivity index (χ2v) is 5.05. The summed E-state index contributed by atoms with van der Waals surface area (Å²) in [4.78, 5) is 10.6. The van der Waals surface area contributed by atoms with Crippen LogP contribution in [0.25, 0.3) is 6.08 Å². The molecular weight excluding hydrogens is 292 g/mol. The maximum absolute atomic E-state index is 10.6. The molecule has 0 spiro atoms. The molecule has 0 saturated heterocycles. The van der Waals surface area contributed by atoms with E-state index in [2.05, 4.69) is 15.5 Å². The molecule has 0 unspecified atom stereocenters. The molecule has 0 amide bonds. The Kier molecular flexibility index (Phi) is 4.94. The highest BCUT2D eigenvalue weighted by atomic mass is 32.2. The van der Waals surface area contributed by atoms with Gasteiger partial charge in [0.1, 0.15) is 5.75 Å². The molecule has 1 aromatic heterocycles. The standard InChI is InChI=1S/C13H14N4O3S/c1-17-13(14-15-16-17)21-8-10-7-11(20-2)5-3-9(10)4-6-12(18)19/h3-7H,8H2,1-2H3,(H,18,19). The van der Waals surface area contributed by atoms with Crippen LogP contribution in [0.1, 0.15) is 11.1 Å². The van der Waals surface area contributed by atoms with E-state index in [1.807, 2.05) is 12.1 Å². The molecule has 7 nitrogen and oxygen atoms in total. The molecule has 1 heterocycles. The van der Waals surface area contributed by atoms with Crippen LogP contribution < -0.4 is 4.74 Å². The van der Waals surface area contributed by atoms with Crippen LogP contribution in [0.5, 0.6) is 5.75 Å². The van der Waals surface area contributed by atoms with Gasteiger partial charge in [0.25, 0.3) is 0 Å². The summed E-state index contributed by atoms with van der Waals surface area (Å²) in [6, 6.07) is 5.49. The summed E-state index contributed by atoms with van der Waals surface area (Å²) in [6.07, 6.45) is 2.67. The highest BCUT2D eigenvalue weighted by Gasteiger charge is 2.07. The molecule has 2 rings (SSSR count). The number of hydrogen-bond acceptors (Lipinski definition) is 6. The molecule has 1 N–H and O–H groups in total. The van der Waals surface area contributed by atoms with Crippen LogP contribution in [0.4, 0.5) is 0 Å². The maximum atomic E-state index is 10.6. The maximum Gasteiger partial charge on any atom is 0.328 e. The summed E-state index contributed by atoms with van der Waals surface area (Å²) in [5.74, 6) is 0.334. The van der Waals surface area contributed by atoms with Gasteiger partial charge in [-0.05, 0) is 39.8 Å². The number of nitrogens with zero attached hydrogens (tertiary/aromatic N) is 4. The molecule has 0 aliphatic heterocycles. The zero-order valence-corrected chi connectivity index (χ0v) is 12.4. The van der Waals surface area contributed by atoms with Crippen molar-refractivity contribution in [2.45, 2.75) is 10.9 Å². The number of aromatic nitrogens is 4. The zero-order valence-electron chi connectivity index (χ0n) is 11.6. The van der Waals surface area contributed by atoms with E-state index >= 15 is 0 Å². The van der Waals surface area contributed by atoms with Gasteiger partial charge in [0, 0.05) is 18.9 Å². The number of carboxylic acid groups (broad SMARTS) is 1. The fourth-order valence-corrected chi connectivity index (χ4v) is 2.50. The van der Waals surface area contributed by atoms with Gasteiger partial charge in [0.05, 0.1) is 7.11 Å². The first-order chi connectivity index (χ1) is 10.1. The normalized spacial score (nSPS) is 11.0. The van der Waals surface area contributed by atoms with E-state index in [0.717, 1.165) is 17.2 Å². The lowest BCUT2D eigenvalue weighted by Gasteiger charge is -2.08. The number of ether oxygens (including phenoxy) is 1. The average molecular weight is 306 g/mol. The predicted octanol–water partition coefficient (Wildman–Crippen LogP) is 1.61. The molecule has 0 radical (unpaired) electrons. The van der Waals surface area contributed by atoms with Crippen molar-refractivity contribution in [2.24, 2.45) is 7.05 Å². The van der Waals surface area contributed by atoms with E-state index in [1.54, 1.807) is 31.0 Å². The third kappa shape index (κ3) is 4.06. The number of aliphatic carboxylic acids is 1. The Bertz CT molecular complexity index is 669. The molecule has 0 fully saturated rings. The third-order valence-corrected chi connectivity index (χ3v) is 3.75. The van der Waals surface area contributed by atoms with Crippen LogP contribution in [0.2, 0.25) is 0 Å². The molecule has 2 aromatic rings. The van der Waals surface area contributed by atoms with Crippen molar-refractivity contribution in [3.8, 4) is 5.75 Å². The largest absolute Gasteiger partial charge is 0.497 e. The van der Waals surface area contributed by atoms with Crippen molar-refractivity contribution in [1.82, 2.24) is 20.2 Å². The molecular formula is C13H14N4O3S. The first kappa shape index (κ1) is 15.0. The minimum Gasteiger partial charge on any atom is -0.497 e. The van der Waals surface area contributed by atoms with Gasteiger partial charge in [-0.25, -0.2) is 9.48 Å². The number of thioether (sulfide) groups is 1. The van der Waals surface area contributed by atoms with E-state index in [1.165, 1.54) is 11.8 Å². The van der Waals surface area contributed by atoms with Crippen molar-refractivity contribution < 1.29 is 14.6 Å². The SMILES string of the molecule is COc1ccc(C=CC(=O)O)c(CSc2nnnn2C)c1. The Morgan fingerprint density at radius 3 is 2.95 bits per heavy atom. The summed E-state index contributed by atoms with van der Waals surface area (Å²) in [5, 5.41) is 20.7. The van der Waals surface area contributed by atoms with E-state index in [0.29, 0.717) is 16.7 Å². The molecule has 110 valence electrons. The van der Waals surface area contributed by atoms with E-state index in [4.69, 9.17) is 9.84 Å². The van der Waals surface area contributed by atoms with Crippen LogP contribution in [0, 0.1) is 0 Å². The van der Waals surface area contributed by atoms with E-state index in [9.17, 15) is 4.79 Å². The van der Waals surface area contributed by atoms with Crippen molar-refractivity contribution >= 4 is 23.8 Å². The molecule has 0 aliphatic rings. The van der Waals surface area contributed by atoms with E-state index in [-0.39, 0.29) is 0 Å². The first-order valence-electron chi connectivity index (χ1n) is 6.03. The molecule has 0 saturated carbocycles. The quantitative estimate of drug-likeness (QED) is 0.640. The van der Waals surface area contributed by atoms with Gasteiger partial charge < -0.3 is 9.84 Å². The van der Waals surface area contributed by atoms with Gasteiger partial charge in [-0.3, -0.25) is 0 Å². The smallest absolute Gasteiger partial charge is 0.328 e. The zero-order chi connectivity index (χ0) is 15.2. The number of aryl methyl sites for hydroxylation is 1. The second-order valence-electron chi connectivity index (χ2n) is 4.11. The number of methoxy groups -OCH3 is 1. The summed E-state index contributed by atoms with van der Waals surface area (Å²) >= 11 is 1.46. The van der Waals surface area contributed by atoms with E-state index < -0.39 is 5.97 Å². The molecule has 0 bridgehead atoms. The number of benzene rings is 1. The number of tetrazole rings is 1. The highest BCUT2D eigenvalue weighted by molar-refractivity contribution is 7.98.